The van der Waals surface area contributed by atoms with E-state index >= 15 is 0 Å². The minimum absolute atomic E-state index is 0.110. The van der Waals surface area contributed by atoms with E-state index in [9.17, 15) is 9.59 Å². The second-order valence-electron chi connectivity index (χ2n) is 5.73. The third-order valence-electron chi connectivity index (χ3n) is 3.39. The van der Waals surface area contributed by atoms with Crippen molar-refractivity contribution in [1.29, 1.82) is 0 Å². The number of hydrogen-bond acceptors (Lipinski definition) is 4. The third-order valence-corrected chi connectivity index (χ3v) is 3.39. The van der Waals surface area contributed by atoms with Crippen molar-refractivity contribution in [1.82, 2.24) is 10.2 Å². The number of esters is 1. The zero-order chi connectivity index (χ0) is 18.1. The van der Waals surface area contributed by atoms with Gasteiger partial charge in [0, 0.05) is 12.1 Å². The van der Waals surface area contributed by atoms with E-state index in [2.05, 4.69) is 5.32 Å². The van der Waals surface area contributed by atoms with Crippen LogP contribution in [-0.4, -0.2) is 44.0 Å². The lowest BCUT2D eigenvalue weighted by Crippen LogP contribution is -2.30. The van der Waals surface area contributed by atoms with E-state index in [-0.39, 0.29) is 18.2 Å². The van der Waals surface area contributed by atoms with Gasteiger partial charge in [-0.05, 0) is 37.9 Å². The first-order valence-electron chi connectivity index (χ1n) is 8.01. The molecule has 0 aliphatic heterocycles. The molecule has 0 unspecified atom stereocenters. The largest absolute Gasteiger partial charge is 0.460 e. The smallest absolute Gasteiger partial charge is 0.354 e. The fourth-order valence-corrected chi connectivity index (χ4v) is 2.04. The van der Waals surface area contributed by atoms with Gasteiger partial charge in [-0.2, -0.15) is 0 Å². The standard InChI is InChI=1S/C20H22N2O3/c1-22(2)13-14-25-20(24)18(15-16-9-5-3-6-10-16)21-19(23)17-11-7-4-8-12-17/h3-12,15H,13-14H2,1-2H3,(H,21,23). The average molecular weight is 338 g/mol. The SMILES string of the molecule is CN(C)CCOC(=O)C(=Cc1ccccc1)NC(=O)c1ccccc1. The van der Waals surface area contributed by atoms with Gasteiger partial charge in [-0.3, -0.25) is 4.79 Å². The number of benzene rings is 2. The van der Waals surface area contributed by atoms with Crippen LogP contribution in [0.2, 0.25) is 0 Å². The zero-order valence-corrected chi connectivity index (χ0v) is 14.4. The lowest BCUT2D eigenvalue weighted by molar-refractivity contribution is -0.139. The number of rotatable bonds is 7. The summed E-state index contributed by atoms with van der Waals surface area (Å²) in [5.41, 5.74) is 1.39. The van der Waals surface area contributed by atoms with Crippen molar-refractivity contribution >= 4 is 18.0 Å². The van der Waals surface area contributed by atoms with Gasteiger partial charge in [-0.25, -0.2) is 4.79 Å². The first kappa shape index (κ1) is 18.4. The van der Waals surface area contributed by atoms with E-state index in [1.807, 2.05) is 55.4 Å². The molecular weight excluding hydrogens is 316 g/mol. The van der Waals surface area contributed by atoms with Gasteiger partial charge in [0.15, 0.2) is 0 Å². The highest BCUT2D eigenvalue weighted by atomic mass is 16.5. The second kappa shape index (κ2) is 9.39. The number of carbonyl (C=O) groups excluding carboxylic acids is 2. The Morgan fingerprint density at radius 3 is 2.20 bits per heavy atom. The van der Waals surface area contributed by atoms with E-state index in [1.165, 1.54) is 0 Å². The monoisotopic (exact) mass is 338 g/mol. The number of hydrogen-bond donors (Lipinski definition) is 1. The molecule has 5 heteroatoms. The Hall–Kier alpha value is -2.92. The molecule has 0 bridgehead atoms. The molecule has 0 aromatic heterocycles. The number of nitrogens with zero attached hydrogens (tertiary/aromatic N) is 1. The number of amides is 1. The minimum Gasteiger partial charge on any atom is -0.460 e. The summed E-state index contributed by atoms with van der Waals surface area (Å²) in [6.07, 6.45) is 1.61. The molecule has 2 aromatic carbocycles. The third kappa shape index (κ3) is 6.24. The molecule has 0 heterocycles. The molecule has 0 saturated heterocycles. The summed E-state index contributed by atoms with van der Waals surface area (Å²) in [6.45, 7) is 0.857. The van der Waals surface area contributed by atoms with Crippen molar-refractivity contribution in [3.8, 4) is 0 Å². The highest BCUT2D eigenvalue weighted by molar-refractivity contribution is 6.03. The van der Waals surface area contributed by atoms with Crippen LogP contribution in [0.4, 0.5) is 0 Å². The molecule has 130 valence electrons. The Morgan fingerprint density at radius 1 is 1.00 bits per heavy atom. The Morgan fingerprint density at radius 2 is 1.60 bits per heavy atom. The maximum Gasteiger partial charge on any atom is 0.354 e. The molecule has 0 aliphatic rings. The molecule has 0 fully saturated rings. The van der Waals surface area contributed by atoms with Crippen LogP contribution in [0, 0.1) is 0 Å². The summed E-state index contributed by atoms with van der Waals surface area (Å²) in [6, 6.07) is 18.0. The fraction of sp³-hybridized carbons (Fsp3) is 0.200. The average Bonchev–Trinajstić information content (AvgIpc) is 2.62. The van der Waals surface area contributed by atoms with E-state index in [4.69, 9.17) is 4.74 Å². The predicted octanol–water partition coefficient (Wildman–Crippen LogP) is 2.56. The summed E-state index contributed by atoms with van der Waals surface area (Å²) in [7, 11) is 3.79. The van der Waals surface area contributed by atoms with Crippen LogP contribution >= 0.6 is 0 Å². The Balaban J connectivity index is 2.16. The fourth-order valence-electron chi connectivity index (χ4n) is 2.04. The van der Waals surface area contributed by atoms with Crippen molar-refractivity contribution < 1.29 is 14.3 Å². The summed E-state index contributed by atoms with van der Waals surface area (Å²) in [5.74, 6) is -0.915. The highest BCUT2D eigenvalue weighted by Gasteiger charge is 2.16. The summed E-state index contributed by atoms with van der Waals surface area (Å²) in [5, 5.41) is 2.65. The quantitative estimate of drug-likeness (QED) is 0.623. The molecular formula is C20H22N2O3. The van der Waals surface area contributed by atoms with Crippen molar-refractivity contribution in [3.05, 3.63) is 77.5 Å². The van der Waals surface area contributed by atoms with Crippen LogP contribution in [0.3, 0.4) is 0 Å². The minimum atomic E-state index is -0.560. The lowest BCUT2D eigenvalue weighted by atomic mass is 10.1. The molecule has 0 aliphatic carbocycles. The van der Waals surface area contributed by atoms with E-state index in [0.717, 1.165) is 5.56 Å². The molecule has 2 rings (SSSR count). The van der Waals surface area contributed by atoms with E-state index in [1.54, 1.807) is 30.3 Å². The summed E-state index contributed by atoms with van der Waals surface area (Å²) < 4.78 is 5.26. The van der Waals surface area contributed by atoms with Gasteiger partial charge in [0.05, 0.1) is 0 Å². The van der Waals surface area contributed by atoms with Gasteiger partial charge < -0.3 is 15.0 Å². The van der Waals surface area contributed by atoms with E-state index < -0.39 is 5.97 Å². The Labute approximate surface area is 147 Å². The molecule has 0 spiro atoms. The van der Waals surface area contributed by atoms with Crippen LogP contribution in [0.15, 0.2) is 66.4 Å². The Kier molecular flexibility index (Phi) is 6.92. The first-order valence-corrected chi connectivity index (χ1v) is 8.01. The predicted molar refractivity (Wildman–Crippen MR) is 97.8 cm³/mol. The molecule has 0 atom stereocenters. The number of likely N-dealkylation sites (N-methyl/N-ethyl adjacent to an activating group) is 1. The van der Waals surface area contributed by atoms with Crippen molar-refractivity contribution in [2.75, 3.05) is 27.2 Å². The van der Waals surface area contributed by atoms with Gasteiger partial charge >= 0.3 is 5.97 Å². The molecule has 1 amide bonds. The molecule has 5 nitrogen and oxygen atoms in total. The topological polar surface area (TPSA) is 58.6 Å². The van der Waals surface area contributed by atoms with Crippen molar-refractivity contribution in [2.24, 2.45) is 0 Å². The van der Waals surface area contributed by atoms with Gasteiger partial charge in [0.2, 0.25) is 0 Å². The zero-order valence-electron chi connectivity index (χ0n) is 14.4. The highest BCUT2D eigenvalue weighted by Crippen LogP contribution is 2.08. The Bertz CT molecular complexity index is 725. The van der Waals surface area contributed by atoms with Gasteiger partial charge in [-0.1, -0.05) is 48.5 Å². The molecule has 2 aromatic rings. The normalized spacial score (nSPS) is 11.2. The maximum absolute atomic E-state index is 12.4. The van der Waals surface area contributed by atoms with Crippen LogP contribution in [0.1, 0.15) is 15.9 Å². The van der Waals surface area contributed by atoms with Gasteiger partial charge in [0.1, 0.15) is 12.3 Å². The van der Waals surface area contributed by atoms with Crippen molar-refractivity contribution in [3.63, 3.8) is 0 Å². The second-order valence-corrected chi connectivity index (χ2v) is 5.73. The van der Waals surface area contributed by atoms with Crippen LogP contribution in [-0.2, 0) is 9.53 Å². The molecule has 0 saturated carbocycles. The molecule has 25 heavy (non-hydrogen) atoms. The van der Waals surface area contributed by atoms with Crippen LogP contribution in [0.5, 0.6) is 0 Å². The molecule has 0 radical (unpaired) electrons. The molecule has 1 N–H and O–H groups in total. The summed E-state index contributed by atoms with van der Waals surface area (Å²) in [4.78, 5) is 26.6. The van der Waals surface area contributed by atoms with E-state index in [0.29, 0.717) is 12.1 Å². The van der Waals surface area contributed by atoms with Crippen molar-refractivity contribution in [2.45, 2.75) is 0 Å². The number of carbonyl (C=O) groups is 2. The lowest BCUT2D eigenvalue weighted by Gasteiger charge is -2.13. The van der Waals surface area contributed by atoms with Crippen LogP contribution in [0.25, 0.3) is 6.08 Å². The number of ether oxygens (including phenoxy) is 1. The number of nitrogens with one attached hydrogen (secondary N) is 1. The van der Waals surface area contributed by atoms with Crippen LogP contribution < -0.4 is 5.32 Å². The summed E-state index contributed by atoms with van der Waals surface area (Å²) >= 11 is 0. The first-order chi connectivity index (χ1) is 12.1. The van der Waals surface area contributed by atoms with Gasteiger partial charge in [0.25, 0.3) is 5.91 Å². The van der Waals surface area contributed by atoms with Gasteiger partial charge in [-0.15, -0.1) is 0 Å². The maximum atomic E-state index is 12.4.